The highest BCUT2D eigenvalue weighted by molar-refractivity contribution is 5.89. The maximum atomic E-state index is 12.0. The molecule has 1 aromatic rings. The van der Waals surface area contributed by atoms with E-state index in [9.17, 15) is 18.4 Å². The molecule has 0 aromatic heterocycles. The molecule has 0 aliphatic heterocycles. The molecular weight excluding hydrogens is 322 g/mol. The average Bonchev–Trinajstić information content (AvgIpc) is 2.56. The lowest BCUT2D eigenvalue weighted by Crippen LogP contribution is -2.31. The predicted molar refractivity (Wildman–Crippen MR) is 80.9 cm³/mol. The second kappa shape index (κ2) is 9.94. The van der Waals surface area contributed by atoms with Crippen molar-refractivity contribution in [3.05, 3.63) is 35.9 Å². The highest BCUT2D eigenvalue weighted by Gasteiger charge is 2.10. The van der Waals surface area contributed by atoms with Crippen molar-refractivity contribution in [1.29, 1.82) is 5.26 Å². The SMILES string of the molecule is CN(CCC#N)C(=O)COC(=O)C=Cc1ccc(OC(F)F)cc1. The smallest absolute Gasteiger partial charge is 0.387 e. The van der Waals surface area contributed by atoms with Crippen LogP contribution in [0.1, 0.15) is 12.0 Å². The van der Waals surface area contributed by atoms with E-state index in [0.29, 0.717) is 5.56 Å². The summed E-state index contributed by atoms with van der Waals surface area (Å²) < 4.78 is 33.0. The summed E-state index contributed by atoms with van der Waals surface area (Å²) in [6.07, 6.45) is 2.73. The van der Waals surface area contributed by atoms with Crippen molar-refractivity contribution in [2.75, 3.05) is 20.2 Å². The lowest BCUT2D eigenvalue weighted by Gasteiger charge is -2.14. The molecule has 0 atom stereocenters. The van der Waals surface area contributed by atoms with Crippen LogP contribution < -0.4 is 4.74 Å². The van der Waals surface area contributed by atoms with Crippen molar-refractivity contribution in [3.8, 4) is 11.8 Å². The van der Waals surface area contributed by atoms with Crippen LogP contribution in [0.15, 0.2) is 30.3 Å². The number of hydrogen-bond acceptors (Lipinski definition) is 5. The molecule has 0 fully saturated rings. The number of ether oxygens (including phenoxy) is 2. The molecule has 0 radical (unpaired) electrons. The third-order valence-electron chi connectivity index (χ3n) is 2.84. The van der Waals surface area contributed by atoms with Gasteiger partial charge in [0, 0.05) is 19.7 Å². The van der Waals surface area contributed by atoms with Crippen LogP contribution in [-0.2, 0) is 14.3 Å². The van der Waals surface area contributed by atoms with Crippen LogP contribution in [0.4, 0.5) is 8.78 Å². The zero-order chi connectivity index (χ0) is 17.9. The van der Waals surface area contributed by atoms with Gasteiger partial charge in [0.25, 0.3) is 5.91 Å². The molecule has 1 amide bonds. The second-order valence-electron chi connectivity index (χ2n) is 4.61. The number of likely N-dealkylation sites (N-methyl/N-ethyl adjacent to an activating group) is 1. The van der Waals surface area contributed by atoms with Gasteiger partial charge in [0.05, 0.1) is 12.5 Å². The van der Waals surface area contributed by atoms with Crippen molar-refractivity contribution in [2.45, 2.75) is 13.0 Å². The van der Waals surface area contributed by atoms with E-state index < -0.39 is 25.1 Å². The summed E-state index contributed by atoms with van der Waals surface area (Å²) in [6.45, 7) is -3.06. The maximum Gasteiger partial charge on any atom is 0.387 e. The fourth-order valence-electron chi connectivity index (χ4n) is 1.56. The molecule has 0 saturated carbocycles. The number of amides is 1. The van der Waals surface area contributed by atoms with Crippen LogP contribution in [0, 0.1) is 11.3 Å². The van der Waals surface area contributed by atoms with Crippen LogP contribution in [0.3, 0.4) is 0 Å². The molecule has 1 aromatic carbocycles. The van der Waals surface area contributed by atoms with Gasteiger partial charge in [0.1, 0.15) is 5.75 Å². The molecule has 0 unspecified atom stereocenters. The zero-order valence-corrected chi connectivity index (χ0v) is 12.9. The van der Waals surface area contributed by atoms with E-state index in [1.54, 1.807) is 0 Å². The van der Waals surface area contributed by atoms with Gasteiger partial charge in [-0.3, -0.25) is 4.79 Å². The molecule has 0 heterocycles. The van der Waals surface area contributed by atoms with Gasteiger partial charge in [-0.25, -0.2) is 4.79 Å². The molecule has 24 heavy (non-hydrogen) atoms. The summed E-state index contributed by atoms with van der Waals surface area (Å²) in [7, 11) is 1.51. The van der Waals surface area contributed by atoms with Crippen molar-refractivity contribution in [2.24, 2.45) is 0 Å². The van der Waals surface area contributed by atoms with Crippen LogP contribution in [0.25, 0.3) is 6.08 Å². The van der Waals surface area contributed by atoms with Crippen molar-refractivity contribution in [3.63, 3.8) is 0 Å². The number of alkyl halides is 2. The number of hydrogen-bond donors (Lipinski definition) is 0. The molecule has 6 nitrogen and oxygen atoms in total. The third-order valence-corrected chi connectivity index (χ3v) is 2.84. The molecule has 0 N–H and O–H groups in total. The quantitative estimate of drug-likeness (QED) is 0.536. The first-order valence-corrected chi connectivity index (χ1v) is 6.93. The molecule has 0 aliphatic rings. The Morgan fingerprint density at radius 3 is 2.58 bits per heavy atom. The topological polar surface area (TPSA) is 79.6 Å². The maximum absolute atomic E-state index is 12.0. The zero-order valence-electron chi connectivity index (χ0n) is 12.9. The minimum atomic E-state index is -2.90. The number of nitriles is 1. The highest BCUT2D eigenvalue weighted by Crippen LogP contribution is 2.15. The van der Waals surface area contributed by atoms with Crippen molar-refractivity contribution in [1.82, 2.24) is 4.90 Å². The summed E-state index contributed by atoms with van der Waals surface area (Å²) in [4.78, 5) is 24.4. The molecule has 8 heteroatoms. The van der Waals surface area contributed by atoms with E-state index in [4.69, 9.17) is 10.00 Å². The van der Waals surface area contributed by atoms with Crippen LogP contribution in [0.5, 0.6) is 5.75 Å². The van der Waals surface area contributed by atoms with E-state index >= 15 is 0 Å². The van der Waals surface area contributed by atoms with E-state index in [-0.39, 0.29) is 18.7 Å². The fraction of sp³-hybridized carbons (Fsp3) is 0.312. The Balaban J connectivity index is 2.43. The van der Waals surface area contributed by atoms with Gasteiger partial charge in [0.2, 0.25) is 0 Å². The first-order valence-electron chi connectivity index (χ1n) is 6.93. The first-order chi connectivity index (χ1) is 11.4. The van der Waals surface area contributed by atoms with Gasteiger partial charge in [-0.1, -0.05) is 12.1 Å². The minimum absolute atomic E-state index is 0.00993. The Morgan fingerprint density at radius 2 is 2.00 bits per heavy atom. The molecule has 1 rings (SSSR count). The number of nitrogens with zero attached hydrogens (tertiary/aromatic N) is 2. The second-order valence-corrected chi connectivity index (χ2v) is 4.61. The molecule has 128 valence electrons. The summed E-state index contributed by atoms with van der Waals surface area (Å²) in [5.41, 5.74) is 0.575. The van der Waals surface area contributed by atoms with Crippen LogP contribution >= 0.6 is 0 Å². The molecule has 0 aliphatic carbocycles. The fourth-order valence-corrected chi connectivity index (χ4v) is 1.56. The summed E-state index contributed by atoms with van der Waals surface area (Å²) >= 11 is 0. The van der Waals surface area contributed by atoms with E-state index in [1.807, 2.05) is 6.07 Å². The van der Waals surface area contributed by atoms with Crippen LogP contribution in [-0.4, -0.2) is 43.6 Å². The lowest BCUT2D eigenvalue weighted by atomic mass is 10.2. The Labute approximate surface area is 137 Å². The summed E-state index contributed by atoms with van der Waals surface area (Å²) in [6, 6.07) is 7.56. The number of carbonyl (C=O) groups excluding carboxylic acids is 2. The third kappa shape index (κ3) is 7.35. The normalized spacial score (nSPS) is 10.5. The molecular formula is C16H16F2N2O4. The Hall–Kier alpha value is -2.95. The van der Waals surface area contributed by atoms with Gasteiger partial charge in [0.15, 0.2) is 6.61 Å². The van der Waals surface area contributed by atoms with Gasteiger partial charge < -0.3 is 14.4 Å². The van der Waals surface area contributed by atoms with Gasteiger partial charge >= 0.3 is 12.6 Å². The van der Waals surface area contributed by atoms with E-state index in [0.717, 1.165) is 6.08 Å². The number of rotatable bonds is 8. The Morgan fingerprint density at radius 1 is 1.33 bits per heavy atom. The van der Waals surface area contributed by atoms with Crippen molar-refractivity contribution < 1.29 is 27.8 Å². The first kappa shape index (κ1) is 19.1. The molecule has 0 spiro atoms. The van der Waals surface area contributed by atoms with Gasteiger partial charge in [-0.15, -0.1) is 0 Å². The number of carbonyl (C=O) groups is 2. The summed E-state index contributed by atoms with van der Waals surface area (Å²) in [5.74, 6) is -1.12. The number of benzene rings is 1. The van der Waals surface area contributed by atoms with Crippen molar-refractivity contribution >= 4 is 18.0 Å². The minimum Gasteiger partial charge on any atom is -0.452 e. The van der Waals surface area contributed by atoms with E-state index in [1.165, 1.54) is 42.3 Å². The standard InChI is InChI=1S/C16H16F2N2O4/c1-20(10-2-9-19)14(21)11-23-15(22)8-5-12-3-6-13(7-4-12)24-16(17)18/h3-8,16H,2,10-11H2,1H3. The average molecular weight is 338 g/mol. The Kier molecular flexibility index (Phi) is 7.91. The largest absolute Gasteiger partial charge is 0.452 e. The highest BCUT2D eigenvalue weighted by atomic mass is 19.3. The summed E-state index contributed by atoms with van der Waals surface area (Å²) in [5, 5.41) is 8.43. The Bertz CT molecular complexity index is 624. The molecule has 0 bridgehead atoms. The van der Waals surface area contributed by atoms with Gasteiger partial charge in [-0.2, -0.15) is 14.0 Å². The molecule has 0 saturated heterocycles. The predicted octanol–water partition coefficient (Wildman–Crippen LogP) is 2.22. The lowest BCUT2D eigenvalue weighted by molar-refractivity contribution is -0.147. The van der Waals surface area contributed by atoms with E-state index in [2.05, 4.69) is 4.74 Å². The monoisotopic (exact) mass is 338 g/mol. The van der Waals surface area contributed by atoms with Crippen LogP contribution in [0.2, 0.25) is 0 Å². The number of halogens is 2. The number of esters is 1. The van der Waals surface area contributed by atoms with Gasteiger partial charge in [-0.05, 0) is 23.8 Å².